The molecule has 0 atom stereocenters. The van der Waals surface area contributed by atoms with E-state index in [0.29, 0.717) is 27.5 Å². The van der Waals surface area contributed by atoms with Crippen molar-refractivity contribution in [3.8, 4) is 0 Å². The summed E-state index contributed by atoms with van der Waals surface area (Å²) in [7, 11) is 0. The Labute approximate surface area is 160 Å². The van der Waals surface area contributed by atoms with Crippen molar-refractivity contribution >= 4 is 45.1 Å². The summed E-state index contributed by atoms with van der Waals surface area (Å²) in [6.07, 6.45) is 0. The van der Waals surface area contributed by atoms with Gasteiger partial charge in [0.15, 0.2) is 0 Å². The summed E-state index contributed by atoms with van der Waals surface area (Å²) in [6.45, 7) is 0. The van der Waals surface area contributed by atoms with Crippen LogP contribution in [0.5, 0.6) is 0 Å². The van der Waals surface area contributed by atoms with Gasteiger partial charge in [-0.05, 0) is 46.5 Å². The zero-order valence-electron chi connectivity index (χ0n) is 14.4. The molecule has 1 amide bonds. The van der Waals surface area contributed by atoms with Gasteiger partial charge in [-0.15, -0.1) is 11.3 Å². The van der Waals surface area contributed by atoms with Crippen LogP contribution in [-0.2, 0) is 0 Å². The first-order valence-corrected chi connectivity index (χ1v) is 9.32. The summed E-state index contributed by atoms with van der Waals surface area (Å²) in [5, 5.41) is 15.5. The maximum Gasteiger partial charge on any atom is 0.265 e. The number of thiophene rings is 1. The molecule has 0 aliphatic heterocycles. The summed E-state index contributed by atoms with van der Waals surface area (Å²) in [6, 6.07) is 22.7. The molecule has 0 aliphatic rings. The van der Waals surface area contributed by atoms with Crippen LogP contribution in [0.3, 0.4) is 0 Å². The average Bonchev–Trinajstić information content (AvgIpc) is 3.23. The van der Waals surface area contributed by atoms with E-state index in [9.17, 15) is 4.79 Å². The number of rotatable bonds is 4. The van der Waals surface area contributed by atoms with Crippen LogP contribution in [0.15, 0.2) is 78.2 Å². The predicted molar refractivity (Wildman–Crippen MR) is 113 cm³/mol. The standard InChI is InChI=1S/C22H17N3OS/c23-19-10-9-17(25-22(26)20-6-3-11-27-20)13-18(19)21(24)16-8-7-14-4-1-2-5-15(14)12-16/h1-13,24H,23H2,(H,25,26). The number of carbonyl (C=O) groups excluding carboxylic acids is 1. The average molecular weight is 371 g/mol. The molecule has 0 fully saturated rings. The Balaban J connectivity index is 1.65. The molecule has 3 aromatic carbocycles. The third-order valence-electron chi connectivity index (χ3n) is 4.36. The number of anilines is 2. The Hall–Kier alpha value is -3.44. The fourth-order valence-corrected chi connectivity index (χ4v) is 3.57. The van der Waals surface area contributed by atoms with Crippen molar-refractivity contribution in [2.75, 3.05) is 11.1 Å². The fourth-order valence-electron chi connectivity index (χ4n) is 2.95. The second-order valence-electron chi connectivity index (χ2n) is 6.17. The van der Waals surface area contributed by atoms with Crippen LogP contribution in [-0.4, -0.2) is 11.6 Å². The zero-order valence-corrected chi connectivity index (χ0v) is 15.2. The molecular formula is C22H17N3OS. The number of hydrogen-bond donors (Lipinski definition) is 3. The molecule has 0 radical (unpaired) electrons. The van der Waals surface area contributed by atoms with E-state index in [1.54, 1.807) is 24.3 Å². The van der Waals surface area contributed by atoms with E-state index in [1.807, 2.05) is 53.9 Å². The molecular weight excluding hydrogens is 354 g/mol. The number of benzene rings is 3. The Morgan fingerprint density at radius 1 is 0.926 bits per heavy atom. The molecule has 0 saturated heterocycles. The van der Waals surface area contributed by atoms with Crippen molar-refractivity contribution < 1.29 is 4.79 Å². The van der Waals surface area contributed by atoms with Crippen molar-refractivity contribution in [2.24, 2.45) is 0 Å². The Bertz CT molecular complexity index is 1150. The van der Waals surface area contributed by atoms with Crippen molar-refractivity contribution in [3.63, 3.8) is 0 Å². The van der Waals surface area contributed by atoms with Crippen LogP contribution < -0.4 is 11.1 Å². The fraction of sp³-hybridized carbons (Fsp3) is 0. The molecule has 0 saturated carbocycles. The number of amides is 1. The van der Waals surface area contributed by atoms with Gasteiger partial charge in [0.1, 0.15) is 0 Å². The summed E-state index contributed by atoms with van der Waals surface area (Å²) in [5.41, 5.74) is 8.93. The topological polar surface area (TPSA) is 79.0 Å². The van der Waals surface area contributed by atoms with Crippen LogP contribution in [0.4, 0.5) is 11.4 Å². The van der Waals surface area contributed by atoms with Crippen LogP contribution in [0, 0.1) is 5.41 Å². The predicted octanol–water partition coefficient (Wildman–Crippen LogP) is 5.15. The van der Waals surface area contributed by atoms with E-state index in [0.717, 1.165) is 16.3 Å². The zero-order chi connectivity index (χ0) is 18.8. The molecule has 4 nitrogen and oxygen atoms in total. The van der Waals surface area contributed by atoms with Crippen LogP contribution in [0.1, 0.15) is 20.8 Å². The van der Waals surface area contributed by atoms with Crippen LogP contribution in [0.25, 0.3) is 10.8 Å². The molecule has 1 aromatic heterocycles. The quantitative estimate of drug-likeness (QED) is 0.342. The summed E-state index contributed by atoms with van der Waals surface area (Å²) < 4.78 is 0. The van der Waals surface area contributed by atoms with Gasteiger partial charge in [-0.25, -0.2) is 0 Å². The van der Waals surface area contributed by atoms with E-state index >= 15 is 0 Å². The number of fused-ring (bicyclic) bond motifs is 1. The maximum absolute atomic E-state index is 12.3. The third kappa shape index (κ3) is 3.45. The van der Waals surface area contributed by atoms with Crippen molar-refractivity contribution in [1.29, 1.82) is 5.41 Å². The van der Waals surface area contributed by atoms with Gasteiger partial charge >= 0.3 is 0 Å². The van der Waals surface area contributed by atoms with E-state index in [4.69, 9.17) is 11.1 Å². The molecule has 27 heavy (non-hydrogen) atoms. The summed E-state index contributed by atoms with van der Waals surface area (Å²) in [4.78, 5) is 12.9. The molecule has 0 bridgehead atoms. The monoisotopic (exact) mass is 371 g/mol. The van der Waals surface area contributed by atoms with Crippen molar-refractivity contribution in [3.05, 3.63) is 94.2 Å². The van der Waals surface area contributed by atoms with E-state index in [2.05, 4.69) is 5.32 Å². The Morgan fingerprint density at radius 3 is 2.52 bits per heavy atom. The molecule has 0 unspecified atom stereocenters. The number of carbonyl (C=O) groups is 1. The first-order chi connectivity index (χ1) is 13.1. The molecule has 0 aliphatic carbocycles. The minimum Gasteiger partial charge on any atom is -0.398 e. The van der Waals surface area contributed by atoms with Gasteiger partial charge in [0, 0.05) is 22.5 Å². The molecule has 1 heterocycles. The van der Waals surface area contributed by atoms with Gasteiger partial charge in [0.25, 0.3) is 5.91 Å². The maximum atomic E-state index is 12.3. The Morgan fingerprint density at radius 2 is 1.74 bits per heavy atom. The lowest BCUT2D eigenvalue weighted by atomic mass is 9.98. The van der Waals surface area contributed by atoms with Gasteiger partial charge < -0.3 is 11.1 Å². The SMILES string of the molecule is N=C(c1ccc2ccccc2c1)c1cc(NC(=O)c2cccs2)ccc1N. The minimum absolute atomic E-state index is 0.169. The van der Waals surface area contributed by atoms with Crippen molar-refractivity contribution in [2.45, 2.75) is 0 Å². The third-order valence-corrected chi connectivity index (χ3v) is 5.23. The van der Waals surface area contributed by atoms with Gasteiger partial charge in [-0.2, -0.15) is 0 Å². The molecule has 4 N–H and O–H groups in total. The summed E-state index contributed by atoms with van der Waals surface area (Å²) >= 11 is 1.38. The lowest BCUT2D eigenvalue weighted by Crippen LogP contribution is -2.12. The highest BCUT2D eigenvalue weighted by atomic mass is 32.1. The largest absolute Gasteiger partial charge is 0.398 e. The van der Waals surface area contributed by atoms with Crippen molar-refractivity contribution in [1.82, 2.24) is 0 Å². The number of nitrogens with two attached hydrogens (primary N) is 1. The second-order valence-corrected chi connectivity index (χ2v) is 7.12. The molecule has 4 aromatic rings. The highest BCUT2D eigenvalue weighted by Gasteiger charge is 2.12. The summed E-state index contributed by atoms with van der Waals surface area (Å²) in [5.74, 6) is -0.169. The van der Waals surface area contributed by atoms with Gasteiger partial charge in [-0.1, -0.05) is 42.5 Å². The van der Waals surface area contributed by atoms with E-state index < -0.39 is 0 Å². The molecule has 5 heteroatoms. The Kier molecular flexibility index (Phi) is 4.44. The lowest BCUT2D eigenvalue weighted by Gasteiger charge is -2.12. The molecule has 0 spiro atoms. The second kappa shape index (κ2) is 7.05. The van der Waals surface area contributed by atoms with Gasteiger partial charge in [0.05, 0.1) is 10.6 Å². The van der Waals surface area contributed by atoms with Gasteiger partial charge in [0.2, 0.25) is 0 Å². The van der Waals surface area contributed by atoms with E-state index in [-0.39, 0.29) is 5.91 Å². The first kappa shape index (κ1) is 17.0. The normalized spacial score (nSPS) is 10.7. The smallest absolute Gasteiger partial charge is 0.265 e. The number of nitrogens with one attached hydrogen (secondary N) is 2. The first-order valence-electron chi connectivity index (χ1n) is 8.44. The molecule has 132 valence electrons. The van der Waals surface area contributed by atoms with Gasteiger partial charge in [-0.3, -0.25) is 10.2 Å². The van der Waals surface area contributed by atoms with E-state index in [1.165, 1.54) is 11.3 Å². The number of hydrogen-bond acceptors (Lipinski definition) is 4. The lowest BCUT2D eigenvalue weighted by molar-refractivity contribution is 0.103. The van der Waals surface area contributed by atoms with Crippen LogP contribution in [0.2, 0.25) is 0 Å². The highest BCUT2D eigenvalue weighted by molar-refractivity contribution is 7.12. The minimum atomic E-state index is -0.169. The number of nitrogen functional groups attached to an aromatic ring is 1. The molecule has 4 rings (SSSR count). The van der Waals surface area contributed by atoms with Crippen LogP contribution >= 0.6 is 11.3 Å². The highest BCUT2D eigenvalue weighted by Crippen LogP contribution is 2.24.